The van der Waals surface area contributed by atoms with Crippen molar-refractivity contribution in [3.05, 3.63) is 265 Å². The van der Waals surface area contributed by atoms with Gasteiger partial charge in [0.2, 0.25) is 0 Å². The molecule has 0 saturated heterocycles. The Labute approximate surface area is 390 Å². The summed E-state index contributed by atoms with van der Waals surface area (Å²) in [5.41, 5.74) is 21.4. The highest BCUT2D eigenvalue weighted by atomic mass is 15.0. The van der Waals surface area contributed by atoms with E-state index in [0.717, 1.165) is 28.1 Å². The van der Waals surface area contributed by atoms with Gasteiger partial charge < -0.3 is 10.3 Å². The number of aliphatic imine (C=N–C) groups is 1. The lowest BCUT2D eigenvalue weighted by atomic mass is 9.84. The second-order valence-electron chi connectivity index (χ2n) is 17.2. The van der Waals surface area contributed by atoms with Crippen LogP contribution >= 0.6 is 0 Å². The second-order valence-corrected chi connectivity index (χ2v) is 17.2. The molecule has 0 amide bonds. The molecule has 0 fully saturated rings. The first-order valence-electron chi connectivity index (χ1n) is 23.0. The van der Waals surface area contributed by atoms with Crippen LogP contribution in [0, 0.1) is 0 Å². The highest BCUT2D eigenvalue weighted by Crippen LogP contribution is 2.46. The molecule has 67 heavy (non-hydrogen) atoms. The minimum atomic E-state index is 0.481. The van der Waals surface area contributed by atoms with Crippen molar-refractivity contribution >= 4 is 65.7 Å². The summed E-state index contributed by atoms with van der Waals surface area (Å²) in [4.78, 5) is 5.12. The number of nitrogens with zero attached hydrogens (tertiary/aromatic N) is 2. The number of hydrogen-bond donors (Lipinski definition) is 1. The summed E-state index contributed by atoms with van der Waals surface area (Å²) in [6.45, 7) is 0. The Kier molecular flexibility index (Phi) is 10.1. The van der Waals surface area contributed by atoms with Crippen molar-refractivity contribution < 1.29 is 0 Å². The molecular formula is C64H45N3. The maximum Gasteiger partial charge on any atom is 0.131 e. The fraction of sp³-hybridized carbons (Fsp3) is 0.0156. The van der Waals surface area contributed by atoms with Crippen molar-refractivity contribution in [1.29, 1.82) is 0 Å². The Balaban J connectivity index is 0.928. The average Bonchev–Trinajstić information content (AvgIpc) is 3.73. The molecule has 3 heteroatoms. The number of allylic oxidation sites excluding steroid dienone is 1. The summed E-state index contributed by atoms with van der Waals surface area (Å²) in [6.07, 6.45) is 2.89. The largest absolute Gasteiger partial charge is 0.383 e. The van der Waals surface area contributed by atoms with E-state index in [9.17, 15) is 0 Å². The smallest absolute Gasteiger partial charge is 0.131 e. The van der Waals surface area contributed by atoms with Gasteiger partial charge in [-0.15, -0.1) is 0 Å². The third-order valence-electron chi connectivity index (χ3n) is 13.3. The summed E-state index contributed by atoms with van der Waals surface area (Å²) in [7, 11) is 0. The number of nitrogens with two attached hydrogens (primary N) is 1. The molecule has 0 saturated carbocycles. The minimum Gasteiger partial charge on any atom is -0.383 e. The molecule has 0 spiro atoms. The molecule has 0 aliphatic rings. The van der Waals surface area contributed by atoms with E-state index in [4.69, 9.17) is 10.7 Å². The van der Waals surface area contributed by atoms with Crippen LogP contribution in [-0.2, 0) is 6.42 Å². The standard InChI is InChI=1S/C64H45N3/c65-64(49-19-6-2-7-20-49)66-58(41-30-43-28-31-44(32-29-43)50-38-39-54-53-24-14-15-27-59(53)67(60(54)42-50)51-21-8-3-9-22-51)46-33-35-48(36-34-46)62-56-26-13-12-25-55(56)61(47-17-4-1-5-18-47)57-40-37-45-16-10-11-23-52(45)63(57)62/h1-29,31-42H,30H2,(H2,65,66)/b58-41-. The van der Waals surface area contributed by atoms with Gasteiger partial charge in [0, 0.05) is 22.0 Å². The lowest BCUT2D eigenvalue weighted by Gasteiger charge is -2.19. The van der Waals surface area contributed by atoms with Gasteiger partial charge in [0.05, 0.1) is 16.7 Å². The molecule has 0 unspecified atom stereocenters. The van der Waals surface area contributed by atoms with E-state index in [-0.39, 0.29) is 0 Å². The number of amidine groups is 1. The van der Waals surface area contributed by atoms with E-state index in [1.165, 1.54) is 87.5 Å². The number of hydrogen-bond acceptors (Lipinski definition) is 1. The predicted octanol–water partition coefficient (Wildman–Crippen LogP) is 16.2. The number of rotatable bonds is 9. The van der Waals surface area contributed by atoms with Crippen molar-refractivity contribution in [2.75, 3.05) is 0 Å². The number of fused-ring (bicyclic) bond motifs is 7. The van der Waals surface area contributed by atoms with Crippen molar-refractivity contribution in [1.82, 2.24) is 4.57 Å². The Morgan fingerprint density at radius 1 is 0.403 bits per heavy atom. The number of para-hydroxylation sites is 2. The van der Waals surface area contributed by atoms with Crippen LogP contribution in [0.5, 0.6) is 0 Å². The van der Waals surface area contributed by atoms with Crippen LogP contribution in [0.3, 0.4) is 0 Å². The Bertz CT molecular complexity index is 3850. The molecule has 1 aromatic heterocycles. The van der Waals surface area contributed by atoms with Crippen LogP contribution in [-0.4, -0.2) is 10.4 Å². The molecule has 1 heterocycles. The van der Waals surface area contributed by atoms with E-state index >= 15 is 0 Å². The molecule has 12 aromatic rings. The lowest BCUT2D eigenvalue weighted by molar-refractivity contribution is 1.18. The van der Waals surface area contributed by atoms with Crippen molar-refractivity contribution in [2.45, 2.75) is 6.42 Å². The highest BCUT2D eigenvalue weighted by molar-refractivity contribution is 6.28. The fourth-order valence-electron chi connectivity index (χ4n) is 10.1. The predicted molar refractivity (Wildman–Crippen MR) is 285 cm³/mol. The van der Waals surface area contributed by atoms with Crippen LogP contribution in [0.1, 0.15) is 16.7 Å². The van der Waals surface area contributed by atoms with Crippen LogP contribution in [0.25, 0.3) is 98.9 Å². The number of aromatic nitrogens is 1. The molecule has 0 bridgehead atoms. The van der Waals surface area contributed by atoms with Gasteiger partial charge in [0.1, 0.15) is 5.84 Å². The third-order valence-corrected chi connectivity index (χ3v) is 13.3. The van der Waals surface area contributed by atoms with Gasteiger partial charge in [-0.25, -0.2) is 4.99 Å². The summed E-state index contributed by atoms with van der Waals surface area (Å²) < 4.78 is 2.37. The molecule has 2 N–H and O–H groups in total. The van der Waals surface area contributed by atoms with Gasteiger partial charge in [-0.3, -0.25) is 0 Å². The summed E-state index contributed by atoms with van der Waals surface area (Å²) in [6, 6.07) is 86.9. The zero-order valence-electron chi connectivity index (χ0n) is 36.9. The first kappa shape index (κ1) is 39.8. The molecule has 316 valence electrons. The fourth-order valence-corrected chi connectivity index (χ4v) is 10.1. The lowest BCUT2D eigenvalue weighted by Crippen LogP contribution is -2.13. The van der Waals surface area contributed by atoms with Gasteiger partial charge in [-0.1, -0.05) is 224 Å². The maximum absolute atomic E-state index is 6.77. The van der Waals surface area contributed by atoms with E-state index < -0.39 is 0 Å². The van der Waals surface area contributed by atoms with Gasteiger partial charge in [-0.2, -0.15) is 0 Å². The number of benzene rings is 11. The molecule has 0 radical (unpaired) electrons. The molecule has 11 aromatic carbocycles. The van der Waals surface area contributed by atoms with Gasteiger partial charge in [-0.05, 0) is 108 Å². The van der Waals surface area contributed by atoms with Crippen LogP contribution in [0.15, 0.2) is 254 Å². The minimum absolute atomic E-state index is 0.481. The van der Waals surface area contributed by atoms with E-state index in [0.29, 0.717) is 12.3 Å². The first-order chi connectivity index (χ1) is 33.2. The van der Waals surface area contributed by atoms with E-state index in [1.807, 2.05) is 30.3 Å². The molecular weight excluding hydrogens is 811 g/mol. The summed E-state index contributed by atoms with van der Waals surface area (Å²) in [5.74, 6) is 0.481. The third kappa shape index (κ3) is 7.24. The quantitative estimate of drug-likeness (QED) is 0.0668. The van der Waals surface area contributed by atoms with Gasteiger partial charge in [0.15, 0.2) is 0 Å². The summed E-state index contributed by atoms with van der Waals surface area (Å²) in [5, 5.41) is 9.92. The highest BCUT2D eigenvalue weighted by Gasteiger charge is 2.19. The first-order valence-corrected chi connectivity index (χ1v) is 23.0. The van der Waals surface area contributed by atoms with E-state index in [1.54, 1.807) is 0 Å². The van der Waals surface area contributed by atoms with Gasteiger partial charge >= 0.3 is 0 Å². The van der Waals surface area contributed by atoms with Crippen LogP contribution in [0.4, 0.5) is 0 Å². The second kappa shape index (κ2) is 17.0. The van der Waals surface area contributed by atoms with Crippen LogP contribution in [0.2, 0.25) is 0 Å². The maximum atomic E-state index is 6.77. The molecule has 12 rings (SSSR count). The van der Waals surface area contributed by atoms with Crippen molar-refractivity contribution in [3.8, 4) is 39.1 Å². The zero-order valence-corrected chi connectivity index (χ0v) is 36.9. The van der Waals surface area contributed by atoms with Crippen molar-refractivity contribution in [2.24, 2.45) is 10.7 Å². The van der Waals surface area contributed by atoms with Crippen molar-refractivity contribution in [3.63, 3.8) is 0 Å². The Hall–Kier alpha value is -8.79. The normalized spacial score (nSPS) is 12.2. The summed E-state index contributed by atoms with van der Waals surface area (Å²) >= 11 is 0. The Morgan fingerprint density at radius 2 is 0.955 bits per heavy atom. The SMILES string of the molecule is NC(=N/C(=C\Cc1ccc(-c2ccc3c4ccccc4n(-c4ccccc4)c3c2)cc1)c1ccc(-c2c3ccccc3c(-c3ccccc3)c3ccc4ccccc4c23)cc1)c1ccccc1. The van der Waals surface area contributed by atoms with Crippen LogP contribution < -0.4 is 5.73 Å². The monoisotopic (exact) mass is 855 g/mol. The average molecular weight is 856 g/mol. The topological polar surface area (TPSA) is 43.3 Å². The molecule has 0 atom stereocenters. The molecule has 0 aliphatic carbocycles. The molecule has 0 aliphatic heterocycles. The zero-order chi connectivity index (χ0) is 44.7. The van der Waals surface area contributed by atoms with Gasteiger partial charge in [0.25, 0.3) is 0 Å². The Morgan fingerprint density at radius 3 is 1.70 bits per heavy atom. The van der Waals surface area contributed by atoms with E-state index in [2.05, 4.69) is 223 Å². The molecule has 3 nitrogen and oxygen atoms in total.